The van der Waals surface area contributed by atoms with Crippen LogP contribution in [0.1, 0.15) is 62.3 Å². The maximum absolute atomic E-state index is 12.7. The van der Waals surface area contributed by atoms with Crippen LogP contribution in [0.3, 0.4) is 0 Å². The number of aromatic nitrogens is 2. The van der Waals surface area contributed by atoms with Crippen LogP contribution in [-0.4, -0.2) is 33.3 Å². The number of carboxylic acids is 1. The summed E-state index contributed by atoms with van der Waals surface area (Å²) in [4.78, 5) is 17.3. The highest BCUT2D eigenvalue weighted by atomic mass is 16.5. The molecule has 1 N–H and O–H groups in total. The largest absolute Gasteiger partial charge is 0.481 e. The number of hydrogen-bond donors (Lipinski definition) is 1. The van der Waals surface area contributed by atoms with Gasteiger partial charge in [0.05, 0.1) is 6.10 Å². The Morgan fingerprint density at radius 2 is 1.90 bits per heavy atom. The summed E-state index contributed by atoms with van der Waals surface area (Å²) in [5.41, 5.74) is -0.103. The number of rotatable bonds is 8. The molecule has 3 aliphatic rings. The number of carbonyl (C=O) groups is 1. The third-order valence-corrected chi connectivity index (χ3v) is 7.10. The van der Waals surface area contributed by atoms with E-state index in [1.807, 2.05) is 36.5 Å². The molecule has 5 rings (SSSR count). The van der Waals surface area contributed by atoms with Crippen molar-refractivity contribution in [2.45, 2.75) is 68.9 Å². The number of hydrogen-bond acceptors (Lipinski definition) is 3. The van der Waals surface area contributed by atoms with Crippen molar-refractivity contribution in [3.05, 3.63) is 54.1 Å². The van der Waals surface area contributed by atoms with Crippen LogP contribution in [0.15, 0.2) is 42.7 Å². The van der Waals surface area contributed by atoms with Gasteiger partial charge in [-0.3, -0.25) is 4.79 Å². The summed E-state index contributed by atoms with van der Waals surface area (Å²) in [6, 6.07) is 9.73. The normalized spacial score (nSPS) is 29.7. The monoisotopic (exact) mass is 394 g/mol. The second-order valence-corrected chi connectivity index (χ2v) is 9.26. The van der Waals surface area contributed by atoms with E-state index in [1.54, 1.807) is 0 Å². The minimum Gasteiger partial charge on any atom is -0.481 e. The predicted molar refractivity (Wildman–Crippen MR) is 110 cm³/mol. The summed E-state index contributed by atoms with van der Waals surface area (Å²) in [5, 5.41) is 10.4. The van der Waals surface area contributed by atoms with Crippen LogP contribution in [-0.2, 0) is 21.5 Å². The van der Waals surface area contributed by atoms with Crippen molar-refractivity contribution >= 4 is 5.97 Å². The van der Waals surface area contributed by atoms with Crippen LogP contribution in [0.4, 0.5) is 0 Å². The smallest absolute Gasteiger partial charge is 0.316 e. The lowest BCUT2D eigenvalue weighted by molar-refractivity contribution is -0.155. The summed E-state index contributed by atoms with van der Waals surface area (Å²) < 4.78 is 8.68. The molecular weight excluding hydrogens is 364 g/mol. The molecule has 3 atom stereocenters. The highest BCUT2D eigenvalue weighted by Gasteiger charge is 2.52. The van der Waals surface area contributed by atoms with E-state index in [-0.39, 0.29) is 12.0 Å². The molecule has 3 aliphatic carbocycles. The van der Waals surface area contributed by atoms with Crippen molar-refractivity contribution in [2.24, 2.45) is 11.8 Å². The van der Waals surface area contributed by atoms with Crippen molar-refractivity contribution in [2.75, 3.05) is 6.61 Å². The van der Waals surface area contributed by atoms with Gasteiger partial charge in [-0.1, -0.05) is 30.3 Å². The zero-order valence-corrected chi connectivity index (χ0v) is 16.9. The maximum Gasteiger partial charge on any atom is 0.316 e. The number of aliphatic carboxylic acids is 1. The van der Waals surface area contributed by atoms with Gasteiger partial charge in [0, 0.05) is 31.5 Å². The van der Waals surface area contributed by atoms with E-state index >= 15 is 0 Å². The Balaban J connectivity index is 1.44. The molecule has 29 heavy (non-hydrogen) atoms. The Bertz CT molecular complexity index is 856. The van der Waals surface area contributed by atoms with Crippen LogP contribution >= 0.6 is 0 Å². The molecule has 1 unspecified atom stereocenters. The van der Waals surface area contributed by atoms with Crippen molar-refractivity contribution < 1.29 is 14.6 Å². The van der Waals surface area contributed by atoms with Crippen molar-refractivity contribution in [1.29, 1.82) is 0 Å². The molecule has 1 heterocycles. The molecule has 0 spiro atoms. The SMILES string of the molecule is O=C(O)[C@]1(c2ccccc2)CCC(c2nccn2CC2CC2)C[C@@H]1OCC1CC1. The molecule has 1 aromatic heterocycles. The molecule has 154 valence electrons. The van der Waals surface area contributed by atoms with Crippen LogP contribution in [0, 0.1) is 11.8 Å². The third-order valence-electron chi connectivity index (χ3n) is 7.10. The summed E-state index contributed by atoms with van der Waals surface area (Å²) in [6.45, 7) is 1.72. The first-order chi connectivity index (χ1) is 14.2. The van der Waals surface area contributed by atoms with Gasteiger partial charge in [-0.05, 0) is 62.3 Å². The fraction of sp³-hybridized carbons (Fsp3) is 0.583. The summed E-state index contributed by atoms with van der Waals surface area (Å²) in [6.07, 6.45) is 10.8. The van der Waals surface area contributed by atoms with Crippen LogP contribution in [0.2, 0.25) is 0 Å². The zero-order valence-electron chi connectivity index (χ0n) is 16.9. The maximum atomic E-state index is 12.7. The second kappa shape index (κ2) is 7.60. The van der Waals surface area contributed by atoms with E-state index in [4.69, 9.17) is 4.74 Å². The third kappa shape index (κ3) is 3.73. The number of benzene rings is 1. The van der Waals surface area contributed by atoms with Crippen LogP contribution < -0.4 is 0 Å². The zero-order chi connectivity index (χ0) is 19.8. The summed E-state index contributed by atoms with van der Waals surface area (Å²) in [7, 11) is 0. The van der Waals surface area contributed by atoms with Gasteiger partial charge in [0.15, 0.2) is 0 Å². The number of carboxylic acid groups (broad SMARTS) is 1. The summed E-state index contributed by atoms with van der Waals surface area (Å²) >= 11 is 0. The number of ether oxygens (including phenoxy) is 1. The molecule has 3 fully saturated rings. The molecule has 0 radical (unpaired) electrons. The average molecular weight is 395 g/mol. The molecular formula is C24H30N2O3. The molecule has 2 aromatic rings. The standard InChI is InChI=1S/C24H30N2O3/c27-23(28)24(20-4-2-1-3-5-20)11-10-19(14-21(24)29-16-18-8-9-18)22-25-12-13-26(22)15-17-6-7-17/h1-5,12-13,17-19,21H,6-11,14-16H2,(H,27,28)/t19?,21-,24-/m0/s1. The Morgan fingerprint density at radius 1 is 1.14 bits per heavy atom. The fourth-order valence-corrected chi connectivity index (χ4v) is 4.97. The predicted octanol–water partition coefficient (Wildman–Crippen LogP) is 4.38. The number of imidazole rings is 1. The minimum atomic E-state index is -0.972. The molecule has 0 bridgehead atoms. The van der Waals surface area contributed by atoms with Gasteiger partial charge in [0.25, 0.3) is 0 Å². The van der Waals surface area contributed by atoms with E-state index in [0.717, 1.165) is 36.7 Å². The Labute approximate surface area is 172 Å². The molecule has 1 aromatic carbocycles. The van der Waals surface area contributed by atoms with Crippen molar-refractivity contribution in [3.8, 4) is 0 Å². The van der Waals surface area contributed by atoms with Gasteiger partial charge in [-0.25, -0.2) is 4.98 Å². The molecule has 0 saturated heterocycles. The molecule has 5 heteroatoms. The average Bonchev–Trinajstić information content (AvgIpc) is 3.66. The van der Waals surface area contributed by atoms with Crippen LogP contribution in [0.25, 0.3) is 0 Å². The summed E-state index contributed by atoms with van der Waals surface area (Å²) in [5.74, 6) is 2.00. The molecule has 0 aliphatic heterocycles. The first-order valence-corrected chi connectivity index (χ1v) is 11.1. The number of nitrogens with zero attached hydrogens (tertiary/aromatic N) is 2. The highest BCUT2D eigenvalue weighted by Crippen LogP contribution is 2.47. The van der Waals surface area contributed by atoms with E-state index in [9.17, 15) is 9.90 Å². The quantitative estimate of drug-likeness (QED) is 0.722. The van der Waals surface area contributed by atoms with Gasteiger partial charge in [0.1, 0.15) is 11.2 Å². The molecule has 3 saturated carbocycles. The van der Waals surface area contributed by atoms with Gasteiger partial charge < -0.3 is 14.4 Å². The molecule has 5 nitrogen and oxygen atoms in total. The van der Waals surface area contributed by atoms with Crippen molar-refractivity contribution in [1.82, 2.24) is 9.55 Å². The Kier molecular flexibility index (Phi) is 4.94. The van der Waals surface area contributed by atoms with Crippen LogP contribution in [0.5, 0.6) is 0 Å². The van der Waals surface area contributed by atoms with Gasteiger partial charge in [-0.2, -0.15) is 0 Å². The van der Waals surface area contributed by atoms with Crippen molar-refractivity contribution in [3.63, 3.8) is 0 Å². The first kappa shape index (κ1) is 18.9. The van der Waals surface area contributed by atoms with E-state index in [2.05, 4.69) is 15.7 Å². The van der Waals surface area contributed by atoms with E-state index in [1.165, 1.54) is 25.7 Å². The van der Waals surface area contributed by atoms with E-state index in [0.29, 0.717) is 18.9 Å². The molecule has 0 amide bonds. The van der Waals surface area contributed by atoms with Gasteiger partial charge in [0.2, 0.25) is 0 Å². The highest BCUT2D eigenvalue weighted by molar-refractivity contribution is 5.82. The lowest BCUT2D eigenvalue weighted by Gasteiger charge is -2.43. The fourth-order valence-electron chi connectivity index (χ4n) is 4.97. The first-order valence-electron chi connectivity index (χ1n) is 11.1. The lowest BCUT2D eigenvalue weighted by Crippen LogP contribution is -2.51. The minimum absolute atomic E-state index is 0.254. The topological polar surface area (TPSA) is 64.3 Å². The second-order valence-electron chi connectivity index (χ2n) is 9.26. The Morgan fingerprint density at radius 3 is 2.59 bits per heavy atom. The van der Waals surface area contributed by atoms with Gasteiger partial charge >= 0.3 is 5.97 Å². The van der Waals surface area contributed by atoms with E-state index < -0.39 is 11.4 Å². The van der Waals surface area contributed by atoms with Gasteiger partial charge in [-0.15, -0.1) is 0 Å². The Hall–Kier alpha value is -2.14. The lowest BCUT2D eigenvalue weighted by atomic mass is 9.64.